The number of halogens is 1. The molecule has 0 aliphatic heterocycles. The van der Waals surface area contributed by atoms with E-state index in [0.717, 1.165) is 16.6 Å². The highest BCUT2D eigenvalue weighted by Gasteiger charge is 2.19. The Kier molecular flexibility index (Phi) is 6.50. The molecule has 0 fully saturated rings. The Morgan fingerprint density at radius 2 is 1.51 bits per heavy atom. The van der Waals surface area contributed by atoms with Gasteiger partial charge < -0.3 is 4.74 Å². The molecule has 5 aromatic rings. The molecule has 7 nitrogen and oxygen atoms in total. The van der Waals surface area contributed by atoms with Crippen LogP contribution >= 0.6 is 11.6 Å². The van der Waals surface area contributed by atoms with Crippen molar-refractivity contribution in [3.05, 3.63) is 114 Å². The highest BCUT2D eigenvalue weighted by atomic mass is 35.5. The molecule has 0 unspecified atom stereocenters. The summed E-state index contributed by atoms with van der Waals surface area (Å²) < 4.78 is 36.0. The summed E-state index contributed by atoms with van der Waals surface area (Å²) in [4.78, 5) is 9.25. The second-order valence-corrected chi connectivity index (χ2v) is 9.93. The van der Waals surface area contributed by atoms with Crippen molar-refractivity contribution in [2.24, 2.45) is 0 Å². The van der Waals surface area contributed by atoms with Gasteiger partial charge in [0.15, 0.2) is 0 Å². The average Bonchev–Trinajstić information content (AvgIpc) is 3.26. The van der Waals surface area contributed by atoms with Gasteiger partial charge in [0.25, 0.3) is 10.0 Å². The number of rotatable bonds is 8. The molecule has 0 aliphatic rings. The number of hydrogen-bond donors (Lipinski definition) is 1. The van der Waals surface area contributed by atoms with Crippen LogP contribution in [-0.2, 0) is 28.0 Å². The lowest BCUT2D eigenvalue weighted by atomic mass is 10.2. The van der Waals surface area contributed by atoms with E-state index in [2.05, 4.69) is 14.7 Å². The van der Waals surface area contributed by atoms with Gasteiger partial charge in [-0.3, -0.25) is 9.55 Å². The van der Waals surface area contributed by atoms with E-state index in [-0.39, 0.29) is 17.5 Å². The van der Waals surface area contributed by atoms with E-state index >= 15 is 0 Å². The van der Waals surface area contributed by atoms with Gasteiger partial charge >= 0.3 is 0 Å². The molecule has 0 saturated carbocycles. The molecule has 0 aliphatic carbocycles. The number of benzene rings is 3. The minimum Gasteiger partial charge on any atom is -0.369 e. The third-order valence-electron chi connectivity index (χ3n) is 5.30. The number of para-hydroxylation sites is 1. The van der Waals surface area contributed by atoms with Crippen LogP contribution in [0.5, 0.6) is 0 Å². The predicted molar refractivity (Wildman–Crippen MR) is 136 cm³/mol. The van der Waals surface area contributed by atoms with Crippen molar-refractivity contribution in [1.82, 2.24) is 14.5 Å². The number of anilines is 1. The zero-order valence-electron chi connectivity index (χ0n) is 18.5. The van der Waals surface area contributed by atoms with Gasteiger partial charge in [-0.15, -0.1) is 0 Å². The largest absolute Gasteiger partial charge is 0.369 e. The van der Waals surface area contributed by atoms with Gasteiger partial charge in [0.05, 0.1) is 35.0 Å². The first-order chi connectivity index (χ1) is 17.0. The fraction of sp³-hybridized carbons (Fsp3) is 0.0769. The van der Waals surface area contributed by atoms with Crippen LogP contribution in [0.15, 0.2) is 102 Å². The lowest BCUT2D eigenvalue weighted by Gasteiger charge is -2.10. The number of hydrogen-bond acceptors (Lipinski definition) is 5. The van der Waals surface area contributed by atoms with E-state index in [1.54, 1.807) is 53.2 Å². The normalized spacial score (nSPS) is 11.6. The molecular weight excluding hydrogens is 484 g/mol. The molecule has 2 aromatic heterocycles. The van der Waals surface area contributed by atoms with E-state index in [1.165, 1.54) is 12.1 Å². The SMILES string of the molecule is O=S(=O)(Nc1nc(COCc2ccc3ccccc3n2)cn1-c1ccc(Cl)cc1)c1ccccc1. The van der Waals surface area contributed by atoms with E-state index in [4.69, 9.17) is 16.3 Å². The number of sulfonamides is 1. The van der Waals surface area contributed by atoms with Crippen molar-refractivity contribution in [1.29, 1.82) is 0 Å². The van der Waals surface area contributed by atoms with E-state index < -0.39 is 10.0 Å². The van der Waals surface area contributed by atoms with Crippen molar-refractivity contribution in [2.75, 3.05) is 4.72 Å². The second kappa shape index (κ2) is 9.87. The summed E-state index contributed by atoms with van der Waals surface area (Å²) in [6.45, 7) is 0.471. The van der Waals surface area contributed by atoms with Gasteiger partial charge in [-0.25, -0.2) is 18.1 Å². The topological polar surface area (TPSA) is 86.1 Å². The molecule has 2 heterocycles. The van der Waals surface area contributed by atoms with Crippen molar-refractivity contribution >= 4 is 38.5 Å². The number of ether oxygens (including phenoxy) is 1. The van der Waals surface area contributed by atoms with Crippen LogP contribution in [0.3, 0.4) is 0 Å². The lowest BCUT2D eigenvalue weighted by molar-refractivity contribution is 0.102. The summed E-state index contributed by atoms with van der Waals surface area (Å²) >= 11 is 6.03. The van der Waals surface area contributed by atoms with Gasteiger partial charge in [0.1, 0.15) is 0 Å². The maximum Gasteiger partial charge on any atom is 0.264 e. The number of pyridine rings is 1. The quantitative estimate of drug-likeness (QED) is 0.297. The highest BCUT2D eigenvalue weighted by molar-refractivity contribution is 7.92. The fourth-order valence-corrected chi connectivity index (χ4v) is 4.74. The van der Waals surface area contributed by atoms with Gasteiger partial charge in [-0.05, 0) is 48.5 Å². The first-order valence-electron chi connectivity index (χ1n) is 10.8. The minimum atomic E-state index is -3.83. The van der Waals surface area contributed by atoms with Gasteiger partial charge in [-0.2, -0.15) is 0 Å². The zero-order chi connectivity index (χ0) is 24.3. The Morgan fingerprint density at radius 3 is 2.31 bits per heavy atom. The van der Waals surface area contributed by atoms with Crippen LogP contribution in [0.1, 0.15) is 11.4 Å². The van der Waals surface area contributed by atoms with Crippen molar-refractivity contribution in [3.8, 4) is 5.69 Å². The molecule has 0 saturated heterocycles. The number of imidazole rings is 1. The average molecular weight is 505 g/mol. The molecule has 35 heavy (non-hydrogen) atoms. The number of nitrogens with zero attached hydrogens (tertiary/aromatic N) is 3. The van der Waals surface area contributed by atoms with Crippen LogP contribution < -0.4 is 4.72 Å². The van der Waals surface area contributed by atoms with Crippen molar-refractivity contribution in [3.63, 3.8) is 0 Å². The molecule has 0 bridgehead atoms. The Morgan fingerprint density at radius 1 is 0.800 bits per heavy atom. The predicted octanol–water partition coefficient (Wildman–Crippen LogP) is 5.59. The molecule has 9 heteroatoms. The molecule has 5 rings (SSSR count). The molecular formula is C26H21ClN4O3S. The Labute approximate surface area is 208 Å². The van der Waals surface area contributed by atoms with Crippen molar-refractivity contribution in [2.45, 2.75) is 18.1 Å². The Hall–Kier alpha value is -3.72. The Balaban J connectivity index is 1.38. The van der Waals surface area contributed by atoms with E-state index in [0.29, 0.717) is 23.0 Å². The molecule has 0 amide bonds. The minimum absolute atomic E-state index is 0.144. The smallest absolute Gasteiger partial charge is 0.264 e. The number of aromatic nitrogens is 3. The summed E-state index contributed by atoms with van der Waals surface area (Å²) in [7, 11) is -3.83. The van der Waals surface area contributed by atoms with Gasteiger partial charge in [0, 0.05) is 22.3 Å². The second-order valence-electron chi connectivity index (χ2n) is 7.81. The summed E-state index contributed by atoms with van der Waals surface area (Å²) in [5.41, 5.74) is 2.96. The van der Waals surface area contributed by atoms with Gasteiger partial charge in [0.2, 0.25) is 5.95 Å². The first-order valence-corrected chi connectivity index (χ1v) is 12.7. The van der Waals surface area contributed by atoms with Crippen molar-refractivity contribution < 1.29 is 13.2 Å². The summed E-state index contributed by atoms with van der Waals surface area (Å²) in [5.74, 6) is 0.151. The van der Waals surface area contributed by atoms with Crippen LogP contribution in [0.2, 0.25) is 5.02 Å². The molecule has 0 spiro atoms. The maximum atomic E-state index is 12.9. The maximum absolute atomic E-state index is 12.9. The summed E-state index contributed by atoms with van der Waals surface area (Å²) in [6, 6.07) is 27.0. The summed E-state index contributed by atoms with van der Waals surface area (Å²) in [6.07, 6.45) is 1.74. The Bertz CT molecular complexity index is 1570. The van der Waals surface area contributed by atoms with E-state index in [1.807, 2.05) is 36.4 Å². The fourth-order valence-electron chi connectivity index (χ4n) is 3.60. The number of fused-ring (bicyclic) bond motifs is 1. The third kappa shape index (κ3) is 5.35. The molecule has 3 aromatic carbocycles. The third-order valence-corrected chi connectivity index (χ3v) is 6.89. The molecule has 0 radical (unpaired) electrons. The van der Waals surface area contributed by atoms with Gasteiger partial charge in [-0.1, -0.05) is 54.1 Å². The first kappa shape index (κ1) is 23.0. The molecule has 176 valence electrons. The van der Waals surface area contributed by atoms with E-state index in [9.17, 15) is 8.42 Å². The lowest BCUT2D eigenvalue weighted by Crippen LogP contribution is -2.16. The summed E-state index contributed by atoms with van der Waals surface area (Å²) in [5, 5.41) is 1.64. The van der Waals surface area contributed by atoms with Crippen LogP contribution in [0, 0.1) is 0 Å². The van der Waals surface area contributed by atoms with Crippen LogP contribution in [-0.4, -0.2) is 23.0 Å². The van der Waals surface area contributed by atoms with Crippen LogP contribution in [0.4, 0.5) is 5.95 Å². The molecule has 0 atom stereocenters. The van der Waals surface area contributed by atoms with Crippen LogP contribution in [0.25, 0.3) is 16.6 Å². The molecule has 1 N–H and O–H groups in total. The number of nitrogens with one attached hydrogen (secondary N) is 1. The monoisotopic (exact) mass is 504 g/mol. The zero-order valence-corrected chi connectivity index (χ0v) is 20.1. The highest BCUT2D eigenvalue weighted by Crippen LogP contribution is 2.22. The standard InChI is InChI=1S/C26H21ClN4O3S/c27-20-11-14-23(15-12-20)31-16-22(29-26(31)30-35(32,33)24-7-2-1-3-8-24)18-34-17-21-13-10-19-6-4-5-9-25(19)28-21/h1-16H,17-18H2,(H,29,30).